The van der Waals surface area contributed by atoms with E-state index in [2.05, 4.69) is 10.3 Å². The summed E-state index contributed by atoms with van der Waals surface area (Å²) < 4.78 is 66.5. The first-order valence-corrected chi connectivity index (χ1v) is 8.22. The van der Waals surface area contributed by atoms with Gasteiger partial charge in [-0.3, -0.25) is 4.98 Å². The second-order valence-electron chi connectivity index (χ2n) is 6.29. The van der Waals surface area contributed by atoms with Crippen molar-refractivity contribution in [2.24, 2.45) is 0 Å². The second kappa shape index (κ2) is 7.13. The van der Waals surface area contributed by atoms with Crippen molar-refractivity contribution in [1.29, 1.82) is 0 Å². The number of piperidine rings is 1. The smallest absolute Gasteiger partial charge is 0.324 e. The van der Waals surface area contributed by atoms with Crippen LogP contribution in [-0.4, -0.2) is 29.0 Å². The highest BCUT2D eigenvalue weighted by molar-refractivity contribution is 5.89. The number of carbonyl (C=O) groups excluding carboxylic acids is 1. The lowest BCUT2D eigenvalue weighted by atomic mass is 9.89. The van der Waals surface area contributed by atoms with Crippen molar-refractivity contribution in [1.82, 2.24) is 9.88 Å². The Kier molecular flexibility index (Phi) is 5.03. The van der Waals surface area contributed by atoms with Crippen LogP contribution in [0.15, 0.2) is 42.6 Å². The van der Waals surface area contributed by atoms with E-state index >= 15 is 4.39 Å². The van der Waals surface area contributed by atoms with Crippen LogP contribution in [0.3, 0.4) is 0 Å². The number of urea groups is 1. The van der Waals surface area contributed by atoms with E-state index < -0.39 is 29.3 Å². The maximum absolute atomic E-state index is 15.0. The summed E-state index contributed by atoms with van der Waals surface area (Å²) in [6, 6.07) is 5.96. The fourth-order valence-corrected chi connectivity index (χ4v) is 2.96. The molecule has 0 spiro atoms. The molecule has 1 saturated heterocycles. The Morgan fingerprint density at radius 3 is 2.30 bits per heavy atom. The number of nitrogens with one attached hydrogen (secondary N) is 1. The first kappa shape index (κ1) is 19.1. The number of alkyl halides is 4. The molecule has 4 nitrogen and oxygen atoms in total. The predicted molar refractivity (Wildman–Crippen MR) is 88.3 cm³/mol. The maximum atomic E-state index is 15.0. The van der Waals surface area contributed by atoms with Gasteiger partial charge in [0.05, 0.1) is 5.56 Å². The van der Waals surface area contributed by atoms with Crippen molar-refractivity contribution in [3.8, 4) is 0 Å². The van der Waals surface area contributed by atoms with Gasteiger partial charge in [-0.25, -0.2) is 13.6 Å². The van der Waals surface area contributed by atoms with Crippen molar-refractivity contribution in [2.75, 3.05) is 18.4 Å². The molecule has 1 aromatic heterocycles. The second-order valence-corrected chi connectivity index (χ2v) is 6.29. The van der Waals surface area contributed by atoms with Gasteiger partial charge in [0.15, 0.2) is 5.67 Å². The van der Waals surface area contributed by atoms with Crippen molar-refractivity contribution in [3.05, 3.63) is 59.7 Å². The minimum absolute atomic E-state index is 0.0268. The summed E-state index contributed by atoms with van der Waals surface area (Å²) in [5, 5.41) is 2.48. The summed E-state index contributed by atoms with van der Waals surface area (Å²) in [5.74, 6) is -0.734. The topological polar surface area (TPSA) is 45.2 Å². The fraction of sp³-hybridized carbons (Fsp3) is 0.333. The third-order valence-corrected chi connectivity index (χ3v) is 4.49. The Morgan fingerprint density at radius 2 is 1.74 bits per heavy atom. The number of aromatic nitrogens is 1. The van der Waals surface area contributed by atoms with Gasteiger partial charge in [0.1, 0.15) is 11.5 Å². The van der Waals surface area contributed by atoms with Gasteiger partial charge in [-0.05, 0) is 36.4 Å². The molecule has 0 unspecified atom stereocenters. The van der Waals surface area contributed by atoms with Gasteiger partial charge in [-0.15, -0.1) is 0 Å². The molecular formula is C18H16F5N3O. The summed E-state index contributed by atoms with van der Waals surface area (Å²) in [4.78, 5) is 17.4. The molecule has 2 heterocycles. The molecule has 0 radical (unpaired) electrons. The van der Waals surface area contributed by atoms with Gasteiger partial charge in [-0.2, -0.15) is 13.2 Å². The number of halogens is 5. The summed E-state index contributed by atoms with van der Waals surface area (Å²) >= 11 is 0. The highest BCUT2D eigenvalue weighted by Crippen LogP contribution is 2.37. The molecule has 1 aromatic carbocycles. The van der Waals surface area contributed by atoms with Crippen LogP contribution >= 0.6 is 0 Å². The highest BCUT2D eigenvalue weighted by atomic mass is 19.4. The normalized spacial score (nSPS) is 16.9. The van der Waals surface area contributed by atoms with Gasteiger partial charge in [0.2, 0.25) is 0 Å². The summed E-state index contributed by atoms with van der Waals surface area (Å²) in [6.45, 7) is 0.0535. The van der Waals surface area contributed by atoms with Crippen LogP contribution in [0.25, 0.3) is 0 Å². The van der Waals surface area contributed by atoms with E-state index in [1.54, 1.807) is 0 Å². The average molecular weight is 385 g/mol. The maximum Gasteiger partial charge on any atom is 0.416 e. The fourth-order valence-electron chi connectivity index (χ4n) is 2.96. The third kappa shape index (κ3) is 4.17. The van der Waals surface area contributed by atoms with E-state index in [-0.39, 0.29) is 37.3 Å². The molecule has 3 rings (SSSR count). The van der Waals surface area contributed by atoms with Gasteiger partial charge < -0.3 is 10.2 Å². The molecule has 144 valence electrons. The minimum Gasteiger partial charge on any atom is -0.324 e. The summed E-state index contributed by atoms with van der Waals surface area (Å²) in [7, 11) is 0. The van der Waals surface area contributed by atoms with Crippen LogP contribution in [-0.2, 0) is 11.8 Å². The Balaban J connectivity index is 1.61. The predicted octanol–water partition coefficient (Wildman–Crippen LogP) is 4.73. The van der Waals surface area contributed by atoms with Gasteiger partial charge >= 0.3 is 12.2 Å². The monoisotopic (exact) mass is 385 g/mol. The lowest BCUT2D eigenvalue weighted by molar-refractivity contribution is -0.137. The zero-order valence-electron chi connectivity index (χ0n) is 14.1. The number of nitrogens with zero attached hydrogens (tertiary/aromatic N) is 2. The van der Waals surface area contributed by atoms with Crippen LogP contribution in [0.5, 0.6) is 0 Å². The van der Waals surface area contributed by atoms with Crippen LogP contribution in [0, 0.1) is 5.82 Å². The zero-order chi connectivity index (χ0) is 19.7. The van der Waals surface area contributed by atoms with E-state index in [1.165, 1.54) is 17.2 Å². The summed E-state index contributed by atoms with van der Waals surface area (Å²) in [6.07, 6.45) is -3.40. The molecule has 0 atom stereocenters. The molecule has 1 fully saturated rings. The van der Waals surface area contributed by atoms with Crippen molar-refractivity contribution >= 4 is 11.7 Å². The van der Waals surface area contributed by atoms with Crippen molar-refractivity contribution in [2.45, 2.75) is 24.7 Å². The van der Waals surface area contributed by atoms with E-state index in [0.717, 1.165) is 30.3 Å². The number of hydrogen-bond acceptors (Lipinski definition) is 2. The van der Waals surface area contributed by atoms with Crippen LogP contribution in [0.4, 0.5) is 32.4 Å². The molecule has 27 heavy (non-hydrogen) atoms. The molecule has 1 aliphatic rings. The van der Waals surface area contributed by atoms with E-state index in [0.29, 0.717) is 0 Å². The lowest BCUT2D eigenvalue weighted by Crippen LogP contribution is -2.45. The van der Waals surface area contributed by atoms with Gasteiger partial charge in [0.25, 0.3) is 0 Å². The Bertz CT molecular complexity index is 814. The molecule has 2 aromatic rings. The van der Waals surface area contributed by atoms with Crippen LogP contribution in [0.1, 0.15) is 24.1 Å². The number of pyridine rings is 1. The van der Waals surface area contributed by atoms with Crippen LogP contribution < -0.4 is 5.32 Å². The number of amides is 2. The zero-order valence-corrected chi connectivity index (χ0v) is 14.1. The molecule has 0 aliphatic carbocycles. The Labute approximate surface area is 152 Å². The summed E-state index contributed by atoms with van der Waals surface area (Å²) in [5.41, 5.74) is -2.86. The first-order chi connectivity index (χ1) is 12.7. The van der Waals surface area contributed by atoms with Crippen LogP contribution in [0.2, 0.25) is 0 Å². The molecular weight excluding hydrogens is 369 g/mol. The Hall–Kier alpha value is -2.71. The van der Waals surface area contributed by atoms with Gasteiger partial charge in [-0.1, -0.05) is 0 Å². The standard InChI is InChI=1S/C18H16F5N3O/c19-14-2-1-9-24-15(14)17(20)7-10-26(11-8-17)16(27)25-13-5-3-12(4-6-13)18(21,22)23/h1-6,9H,7-8,10-11H2,(H,25,27). The minimum atomic E-state index is -4.46. The lowest BCUT2D eigenvalue weighted by Gasteiger charge is -2.36. The van der Waals surface area contributed by atoms with Crippen molar-refractivity contribution in [3.63, 3.8) is 0 Å². The average Bonchev–Trinajstić information content (AvgIpc) is 2.62. The molecule has 9 heteroatoms. The molecule has 1 aliphatic heterocycles. The van der Waals surface area contributed by atoms with E-state index in [9.17, 15) is 22.4 Å². The number of likely N-dealkylation sites (tertiary alicyclic amines) is 1. The quantitative estimate of drug-likeness (QED) is 0.760. The molecule has 0 saturated carbocycles. The SMILES string of the molecule is O=C(Nc1ccc(C(F)(F)F)cc1)N1CCC(F)(c2ncccc2F)CC1. The Morgan fingerprint density at radius 1 is 1.11 bits per heavy atom. The van der Waals surface area contributed by atoms with Crippen molar-refractivity contribution < 1.29 is 26.7 Å². The number of benzene rings is 1. The molecule has 2 amide bonds. The van der Waals surface area contributed by atoms with Gasteiger partial charge in [0, 0.05) is 37.8 Å². The third-order valence-electron chi connectivity index (χ3n) is 4.49. The largest absolute Gasteiger partial charge is 0.416 e. The first-order valence-electron chi connectivity index (χ1n) is 8.22. The van der Waals surface area contributed by atoms with E-state index in [1.807, 2.05) is 0 Å². The highest BCUT2D eigenvalue weighted by Gasteiger charge is 2.40. The molecule has 1 N–H and O–H groups in total. The number of rotatable bonds is 2. The molecule has 0 bridgehead atoms. The number of hydrogen-bond donors (Lipinski definition) is 1. The van der Waals surface area contributed by atoms with E-state index in [4.69, 9.17) is 0 Å². The number of carbonyl (C=O) groups is 1. The number of anilines is 1.